The van der Waals surface area contributed by atoms with E-state index in [4.69, 9.17) is 23.4 Å². The Balaban J connectivity index is 1.61. The highest BCUT2D eigenvalue weighted by Crippen LogP contribution is 2.53. The Hall–Kier alpha value is -1.02. The quantitative estimate of drug-likeness (QED) is 0.579. The standard InChI is InChI=1S/C21H29O5Si/c1-21-12-15(26-27(3,4)5)11-16(21)20(22-2)24-17-13-23-19(25-18(17)21)14-9-7-6-8-10-14/h6-11,15,17-20H,3,12-13H2,1-2,4-5H3/t15-,17?,18?,19-,20-,21+/m0/s1. The van der Waals surface area contributed by atoms with Gasteiger partial charge in [0.25, 0.3) is 0 Å². The molecular formula is C21H29O5Si. The van der Waals surface area contributed by atoms with E-state index in [1.807, 2.05) is 30.3 Å². The van der Waals surface area contributed by atoms with Crippen molar-refractivity contribution >= 4 is 8.32 Å². The van der Waals surface area contributed by atoms with E-state index in [9.17, 15) is 0 Å². The van der Waals surface area contributed by atoms with Gasteiger partial charge in [-0.2, -0.15) is 0 Å². The summed E-state index contributed by atoms with van der Waals surface area (Å²) in [7, 11) is -0.225. The average Bonchev–Trinajstić information content (AvgIpc) is 2.96. The number of rotatable bonds is 4. The molecule has 2 saturated heterocycles. The zero-order valence-corrected chi connectivity index (χ0v) is 17.5. The maximum absolute atomic E-state index is 6.46. The molecule has 0 aromatic heterocycles. The maximum Gasteiger partial charge on any atom is 0.187 e. The van der Waals surface area contributed by atoms with Crippen LogP contribution in [0.1, 0.15) is 25.2 Å². The summed E-state index contributed by atoms with van der Waals surface area (Å²) in [4.78, 5) is 0. The average molecular weight is 390 g/mol. The molecule has 2 unspecified atom stereocenters. The third kappa shape index (κ3) is 3.67. The molecule has 147 valence electrons. The zero-order chi connectivity index (χ0) is 19.2. The largest absolute Gasteiger partial charge is 0.411 e. The topological polar surface area (TPSA) is 46.2 Å². The van der Waals surface area contributed by atoms with Crippen LogP contribution in [0.4, 0.5) is 0 Å². The van der Waals surface area contributed by atoms with Gasteiger partial charge in [-0.25, -0.2) is 0 Å². The molecule has 3 aliphatic rings. The monoisotopic (exact) mass is 389 g/mol. The van der Waals surface area contributed by atoms with Crippen LogP contribution in [0.3, 0.4) is 0 Å². The summed E-state index contributed by atoms with van der Waals surface area (Å²) in [5.74, 6) is 0. The van der Waals surface area contributed by atoms with Gasteiger partial charge >= 0.3 is 0 Å². The number of ether oxygens (including phenoxy) is 4. The lowest BCUT2D eigenvalue weighted by Crippen LogP contribution is -2.58. The van der Waals surface area contributed by atoms with E-state index >= 15 is 0 Å². The minimum Gasteiger partial charge on any atom is -0.411 e. The van der Waals surface area contributed by atoms with Crippen molar-refractivity contribution in [3.8, 4) is 0 Å². The van der Waals surface area contributed by atoms with Crippen molar-refractivity contribution in [2.45, 2.75) is 57.3 Å². The van der Waals surface area contributed by atoms with Crippen molar-refractivity contribution in [2.75, 3.05) is 13.7 Å². The molecule has 6 heteroatoms. The predicted molar refractivity (Wildman–Crippen MR) is 104 cm³/mol. The molecule has 5 nitrogen and oxygen atoms in total. The lowest BCUT2D eigenvalue weighted by Gasteiger charge is -2.51. The van der Waals surface area contributed by atoms with E-state index in [1.165, 1.54) is 0 Å². The lowest BCUT2D eigenvalue weighted by molar-refractivity contribution is -0.325. The zero-order valence-electron chi connectivity index (χ0n) is 16.5. The van der Waals surface area contributed by atoms with Crippen LogP contribution in [0.2, 0.25) is 13.1 Å². The van der Waals surface area contributed by atoms with Gasteiger partial charge in [0.2, 0.25) is 0 Å². The van der Waals surface area contributed by atoms with E-state index in [1.54, 1.807) is 7.11 Å². The molecule has 1 aromatic carbocycles. The summed E-state index contributed by atoms with van der Waals surface area (Å²) >= 11 is 0. The molecule has 0 spiro atoms. The first-order valence-electron chi connectivity index (χ1n) is 9.56. The molecule has 2 aliphatic heterocycles. The maximum atomic E-state index is 6.46. The summed E-state index contributed by atoms with van der Waals surface area (Å²) in [6.07, 6.45) is 1.98. The molecule has 2 heterocycles. The first-order valence-corrected chi connectivity index (χ1v) is 12.7. The van der Waals surface area contributed by atoms with E-state index < -0.39 is 8.32 Å². The minimum absolute atomic E-state index is 0.0192. The highest BCUT2D eigenvalue weighted by molar-refractivity contribution is 6.73. The second-order valence-corrected chi connectivity index (χ2v) is 12.3. The summed E-state index contributed by atoms with van der Waals surface area (Å²) in [6, 6.07) is 10.1. The van der Waals surface area contributed by atoms with Crippen LogP contribution in [-0.4, -0.2) is 46.6 Å². The Labute approximate surface area is 162 Å². The third-order valence-electron chi connectivity index (χ3n) is 5.61. The van der Waals surface area contributed by atoms with E-state index in [0.717, 1.165) is 17.6 Å². The number of benzene rings is 1. The molecule has 1 radical (unpaired) electrons. The van der Waals surface area contributed by atoms with Gasteiger partial charge in [0, 0.05) is 18.1 Å². The Morgan fingerprint density at radius 3 is 2.59 bits per heavy atom. The normalized spacial score (nSPS) is 38.9. The van der Waals surface area contributed by atoms with Crippen molar-refractivity contribution in [1.29, 1.82) is 0 Å². The van der Waals surface area contributed by atoms with Crippen molar-refractivity contribution < 1.29 is 23.4 Å². The van der Waals surface area contributed by atoms with Crippen molar-refractivity contribution in [3.05, 3.63) is 54.1 Å². The highest BCUT2D eigenvalue weighted by atomic mass is 28.4. The molecule has 4 rings (SSSR count). The van der Waals surface area contributed by atoms with Gasteiger partial charge in [0.15, 0.2) is 20.9 Å². The van der Waals surface area contributed by atoms with Gasteiger partial charge in [-0.15, -0.1) is 0 Å². The van der Waals surface area contributed by atoms with E-state index in [-0.39, 0.29) is 36.3 Å². The smallest absolute Gasteiger partial charge is 0.187 e. The lowest BCUT2D eigenvalue weighted by atomic mass is 9.73. The first kappa shape index (κ1) is 19.3. The Morgan fingerprint density at radius 1 is 1.19 bits per heavy atom. The summed E-state index contributed by atoms with van der Waals surface area (Å²) < 4.78 is 30.6. The number of methoxy groups -OCH3 is 1. The molecule has 1 aromatic rings. The van der Waals surface area contributed by atoms with Gasteiger partial charge in [-0.05, 0) is 31.6 Å². The fourth-order valence-electron chi connectivity index (χ4n) is 4.50. The van der Waals surface area contributed by atoms with Crippen molar-refractivity contribution in [2.24, 2.45) is 5.41 Å². The predicted octanol–water partition coefficient (Wildman–Crippen LogP) is 3.77. The Kier molecular flexibility index (Phi) is 5.07. The number of hydrogen-bond acceptors (Lipinski definition) is 5. The molecule has 2 fully saturated rings. The molecule has 1 aliphatic carbocycles. The number of fused-ring (bicyclic) bond motifs is 3. The molecular weight excluding hydrogens is 360 g/mol. The Morgan fingerprint density at radius 2 is 1.93 bits per heavy atom. The first-order chi connectivity index (χ1) is 12.8. The van der Waals surface area contributed by atoms with Gasteiger partial charge in [-0.1, -0.05) is 43.3 Å². The van der Waals surface area contributed by atoms with Gasteiger partial charge in [0.1, 0.15) is 6.10 Å². The van der Waals surface area contributed by atoms with Crippen molar-refractivity contribution in [1.82, 2.24) is 0 Å². The second kappa shape index (κ2) is 7.10. The fourth-order valence-corrected chi connectivity index (χ4v) is 5.47. The molecule has 0 amide bonds. The molecule has 6 atom stereocenters. The molecule has 0 saturated carbocycles. The van der Waals surface area contributed by atoms with Crippen molar-refractivity contribution in [3.63, 3.8) is 0 Å². The van der Waals surface area contributed by atoms with Crippen LogP contribution < -0.4 is 0 Å². The number of hydrogen-bond donors (Lipinski definition) is 0. The van der Waals surface area contributed by atoms with E-state index in [0.29, 0.717) is 6.61 Å². The molecule has 0 N–H and O–H groups in total. The third-order valence-corrected chi connectivity index (χ3v) is 6.55. The Bertz CT molecular complexity index is 700. The van der Waals surface area contributed by atoms with E-state index in [2.05, 4.69) is 32.6 Å². The van der Waals surface area contributed by atoms with Crippen LogP contribution >= 0.6 is 0 Å². The van der Waals surface area contributed by atoms with Gasteiger partial charge < -0.3 is 23.4 Å². The van der Waals surface area contributed by atoms with Crippen LogP contribution in [-0.2, 0) is 23.4 Å². The molecule has 0 bridgehead atoms. The van der Waals surface area contributed by atoms with Gasteiger partial charge in [0.05, 0.1) is 18.8 Å². The highest BCUT2D eigenvalue weighted by Gasteiger charge is 2.57. The second-order valence-electron chi connectivity index (χ2n) is 8.53. The van der Waals surface area contributed by atoms with Crippen LogP contribution in [0.25, 0.3) is 0 Å². The van der Waals surface area contributed by atoms with Crippen LogP contribution in [0.15, 0.2) is 42.0 Å². The summed E-state index contributed by atoms with van der Waals surface area (Å²) in [5, 5.41) is 0. The van der Waals surface area contributed by atoms with Crippen LogP contribution in [0, 0.1) is 12.0 Å². The fraction of sp³-hybridized carbons (Fsp3) is 0.571. The SMILES string of the molecule is [CH2][Si](C)(C)O[C@H]1C=C2[C@@H](OC)OC3CO[C@H](c4ccccc4)OC3[C@]2(C)C1. The summed E-state index contributed by atoms with van der Waals surface area (Å²) in [5.41, 5.74) is 1.92. The minimum atomic E-state index is -1.90. The summed E-state index contributed by atoms with van der Waals surface area (Å²) in [6.45, 7) is 11.2. The van der Waals surface area contributed by atoms with Gasteiger partial charge in [-0.3, -0.25) is 0 Å². The van der Waals surface area contributed by atoms with Crippen LogP contribution in [0.5, 0.6) is 0 Å². The molecule has 27 heavy (non-hydrogen) atoms.